The van der Waals surface area contributed by atoms with Gasteiger partial charge in [-0.25, -0.2) is 4.90 Å². The zero-order valence-corrected chi connectivity index (χ0v) is 16.5. The summed E-state index contributed by atoms with van der Waals surface area (Å²) in [6.45, 7) is 1.37. The third-order valence-corrected chi connectivity index (χ3v) is 5.42. The van der Waals surface area contributed by atoms with Crippen LogP contribution in [-0.2, 0) is 9.59 Å². The number of nitrogens with zero attached hydrogens (tertiary/aromatic N) is 3. The van der Waals surface area contributed by atoms with Crippen molar-refractivity contribution in [2.75, 3.05) is 25.1 Å². The van der Waals surface area contributed by atoms with E-state index in [0.29, 0.717) is 35.8 Å². The number of benzene rings is 2. The molecule has 154 valence electrons. The van der Waals surface area contributed by atoms with Crippen LogP contribution in [0.5, 0.6) is 5.75 Å². The number of hydrogen-bond donors (Lipinski definition) is 0. The standard InChI is InChI=1S/C22H21N3O5/c1-30-18-8-4-3-7-17(18)24-21(26)19(15-9-11-16(12-10-15)25(28)29)20(22(24)27)23-13-5-2-6-14-23/h3-4,7-12H,2,5-6,13-14H2,1H3. The molecule has 0 atom stereocenters. The van der Waals surface area contributed by atoms with Crippen LogP contribution >= 0.6 is 0 Å². The van der Waals surface area contributed by atoms with Gasteiger partial charge >= 0.3 is 0 Å². The third-order valence-electron chi connectivity index (χ3n) is 5.42. The Morgan fingerprint density at radius 3 is 2.23 bits per heavy atom. The summed E-state index contributed by atoms with van der Waals surface area (Å²) in [6.07, 6.45) is 2.95. The maximum Gasteiger partial charge on any atom is 0.282 e. The first-order chi connectivity index (χ1) is 14.5. The van der Waals surface area contributed by atoms with Crippen molar-refractivity contribution in [1.29, 1.82) is 0 Å². The minimum atomic E-state index is -0.494. The first-order valence-corrected chi connectivity index (χ1v) is 9.78. The number of para-hydroxylation sites is 2. The number of hydrogen-bond acceptors (Lipinski definition) is 6. The number of nitro benzene ring substituents is 1. The van der Waals surface area contributed by atoms with Crippen LogP contribution in [0.3, 0.4) is 0 Å². The fourth-order valence-electron chi connectivity index (χ4n) is 3.97. The molecular weight excluding hydrogens is 386 g/mol. The van der Waals surface area contributed by atoms with Gasteiger partial charge in [-0.1, -0.05) is 12.1 Å². The van der Waals surface area contributed by atoms with Crippen molar-refractivity contribution in [3.05, 3.63) is 69.9 Å². The molecule has 0 unspecified atom stereocenters. The maximum atomic E-state index is 13.5. The molecule has 2 aliphatic rings. The van der Waals surface area contributed by atoms with E-state index >= 15 is 0 Å². The van der Waals surface area contributed by atoms with Crippen molar-refractivity contribution in [2.24, 2.45) is 0 Å². The number of ether oxygens (including phenoxy) is 1. The van der Waals surface area contributed by atoms with Crippen molar-refractivity contribution in [3.8, 4) is 5.75 Å². The van der Waals surface area contributed by atoms with Gasteiger partial charge in [-0.3, -0.25) is 19.7 Å². The lowest BCUT2D eigenvalue weighted by atomic mass is 10.0. The van der Waals surface area contributed by atoms with E-state index in [9.17, 15) is 19.7 Å². The number of piperidine rings is 1. The summed E-state index contributed by atoms with van der Waals surface area (Å²) in [5.74, 6) is -0.444. The van der Waals surface area contributed by atoms with E-state index in [1.165, 1.54) is 31.4 Å². The summed E-state index contributed by atoms with van der Waals surface area (Å²) in [7, 11) is 1.49. The zero-order valence-electron chi connectivity index (χ0n) is 16.5. The van der Waals surface area contributed by atoms with E-state index in [1.807, 2.05) is 4.90 Å². The molecule has 2 aromatic carbocycles. The van der Waals surface area contributed by atoms with Crippen LogP contribution in [0.4, 0.5) is 11.4 Å². The number of anilines is 1. The number of methoxy groups -OCH3 is 1. The molecule has 1 saturated heterocycles. The minimum absolute atomic E-state index is 0.0720. The van der Waals surface area contributed by atoms with Crippen LogP contribution in [0.25, 0.3) is 5.57 Å². The predicted molar refractivity (Wildman–Crippen MR) is 111 cm³/mol. The third kappa shape index (κ3) is 3.30. The largest absolute Gasteiger partial charge is 0.495 e. The number of carbonyl (C=O) groups is 2. The molecule has 2 heterocycles. The Balaban J connectivity index is 1.83. The molecule has 1 fully saturated rings. The van der Waals surface area contributed by atoms with Crippen LogP contribution in [-0.4, -0.2) is 41.8 Å². The summed E-state index contributed by atoms with van der Waals surface area (Å²) in [4.78, 5) is 40.6. The fourth-order valence-corrected chi connectivity index (χ4v) is 3.97. The lowest BCUT2D eigenvalue weighted by Crippen LogP contribution is -2.37. The number of likely N-dealkylation sites (tertiary alicyclic amines) is 1. The lowest BCUT2D eigenvalue weighted by molar-refractivity contribution is -0.384. The average Bonchev–Trinajstić information content (AvgIpc) is 3.04. The van der Waals surface area contributed by atoms with Gasteiger partial charge in [0.2, 0.25) is 0 Å². The molecule has 0 spiro atoms. The monoisotopic (exact) mass is 407 g/mol. The Morgan fingerprint density at radius 2 is 1.60 bits per heavy atom. The molecular formula is C22H21N3O5. The summed E-state index contributed by atoms with van der Waals surface area (Å²) in [5, 5.41) is 11.0. The van der Waals surface area contributed by atoms with Gasteiger partial charge in [0.25, 0.3) is 17.5 Å². The van der Waals surface area contributed by atoms with E-state index in [0.717, 1.165) is 24.2 Å². The van der Waals surface area contributed by atoms with Crippen LogP contribution in [0, 0.1) is 10.1 Å². The van der Waals surface area contributed by atoms with Crippen molar-refractivity contribution < 1.29 is 19.2 Å². The summed E-state index contributed by atoms with van der Waals surface area (Å²) in [6, 6.07) is 12.6. The average molecular weight is 407 g/mol. The maximum absolute atomic E-state index is 13.5. The molecule has 0 N–H and O–H groups in total. The van der Waals surface area contributed by atoms with Crippen LogP contribution in [0.15, 0.2) is 54.2 Å². The van der Waals surface area contributed by atoms with Gasteiger partial charge in [0.15, 0.2) is 0 Å². The molecule has 0 radical (unpaired) electrons. The first-order valence-electron chi connectivity index (χ1n) is 9.78. The van der Waals surface area contributed by atoms with Crippen molar-refractivity contribution in [1.82, 2.24) is 4.90 Å². The Morgan fingerprint density at radius 1 is 0.933 bits per heavy atom. The van der Waals surface area contributed by atoms with Crippen molar-refractivity contribution >= 4 is 28.8 Å². The Bertz CT molecular complexity index is 1040. The van der Waals surface area contributed by atoms with E-state index < -0.39 is 16.7 Å². The van der Waals surface area contributed by atoms with Crippen molar-refractivity contribution in [2.45, 2.75) is 19.3 Å². The Hall–Kier alpha value is -3.68. The van der Waals surface area contributed by atoms with E-state index in [-0.39, 0.29) is 11.3 Å². The SMILES string of the molecule is COc1ccccc1N1C(=O)C(c2ccc([N+](=O)[O-])cc2)=C(N2CCCCC2)C1=O. The smallest absolute Gasteiger partial charge is 0.282 e. The highest BCUT2D eigenvalue weighted by atomic mass is 16.6. The lowest BCUT2D eigenvalue weighted by Gasteiger charge is -2.29. The van der Waals surface area contributed by atoms with Gasteiger partial charge in [0.05, 0.1) is 23.3 Å². The topological polar surface area (TPSA) is 93.0 Å². The zero-order chi connectivity index (χ0) is 21.3. The molecule has 0 aromatic heterocycles. The summed E-state index contributed by atoms with van der Waals surface area (Å²) >= 11 is 0. The molecule has 2 aliphatic heterocycles. The van der Waals surface area contributed by atoms with Crippen LogP contribution < -0.4 is 9.64 Å². The van der Waals surface area contributed by atoms with Gasteiger partial charge < -0.3 is 9.64 Å². The van der Waals surface area contributed by atoms with E-state index in [1.54, 1.807) is 24.3 Å². The minimum Gasteiger partial charge on any atom is -0.495 e. The second-order valence-electron chi connectivity index (χ2n) is 7.19. The fraction of sp³-hybridized carbons (Fsp3) is 0.273. The highest BCUT2D eigenvalue weighted by Crippen LogP contribution is 2.39. The molecule has 0 aliphatic carbocycles. The number of imide groups is 1. The highest BCUT2D eigenvalue weighted by molar-refractivity contribution is 6.45. The summed E-state index contributed by atoms with van der Waals surface area (Å²) < 4.78 is 5.36. The number of non-ortho nitro benzene ring substituents is 1. The molecule has 8 nitrogen and oxygen atoms in total. The van der Waals surface area contributed by atoms with Gasteiger partial charge in [-0.15, -0.1) is 0 Å². The molecule has 8 heteroatoms. The van der Waals surface area contributed by atoms with E-state index in [2.05, 4.69) is 0 Å². The van der Waals surface area contributed by atoms with Gasteiger partial charge in [0.1, 0.15) is 11.4 Å². The number of rotatable bonds is 5. The predicted octanol–water partition coefficient (Wildman–Crippen LogP) is 3.37. The molecule has 2 aromatic rings. The quantitative estimate of drug-likeness (QED) is 0.429. The van der Waals surface area contributed by atoms with Crippen LogP contribution in [0.2, 0.25) is 0 Å². The van der Waals surface area contributed by atoms with E-state index in [4.69, 9.17) is 4.74 Å². The number of nitro groups is 1. The normalized spacial score (nSPS) is 17.0. The van der Waals surface area contributed by atoms with Gasteiger partial charge in [-0.05, 0) is 49.1 Å². The number of amides is 2. The molecule has 4 rings (SSSR count). The van der Waals surface area contributed by atoms with Crippen LogP contribution in [0.1, 0.15) is 24.8 Å². The first kappa shape index (κ1) is 19.6. The molecule has 30 heavy (non-hydrogen) atoms. The molecule has 0 bridgehead atoms. The van der Waals surface area contributed by atoms with Crippen molar-refractivity contribution in [3.63, 3.8) is 0 Å². The summed E-state index contributed by atoms with van der Waals surface area (Å²) in [5.41, 5.74) is 1.40. The Kier molecular flexibility index (Phi) is 5.22. The van der Waals surface area contributed by atoms with Gasteiger partial charge in [0, 0.05) is 25.2 Å². The highest BCUT2D eigenvalue weighted by Gasteiger charge is 2.43. The Labute approximate surface area is 173 Å². The van der Waals surface area contributed by atoms with Gasteiger partial charge in [-0.2, -0.15) is 0 Å². The second kappa shape index (κ2) is 7.98. The molecule has 2 amide bonds. The number of carbonyl (C=O) groups excluding carboxylic acids is 2. The second-order valence-corrected chi connectivity index (χ2v) is 7.19. The molecule has 0 saturated carbocycles.